The van der Waals surface area contributed by atoms with Crippen LogP contribution in [-0.4, -0.2) is 43.9 Å². The van der Waals surface area contributed by atoms with Gasteiger partial charge in [-0.05, 0) is 44.7 Å². The fourth-order valence-electron chi connectivity index (χ4n) is 4.66. The molecule has 0 aromatic rings. The second-order valence-electron chi connectivity index (χ2n) is 7.96. The van der Waals surface area contributed by atoms with Crippen molar-refractivity contribution in [2.24, 2.45) is 29.1 Å². The summed E-state index contributed by atoms with van der Waals surface area (Å²) in [4.78, 5) is 36.6. The predicted octanol–water partition coefficient (Wildman–Crippen LogP) is 2.75. The molecule has 2 saturated carbocycles. The van der Waals surface area contributed by atoms with Gasteiger partial charge < -0.3 is 19.6 Å². The van der Waals surface area contributed by atoms with Crippen molar-refractivity contribution in [3.05, 3.63) is 0 Å². The lowest BCUT2D eigenvalue weighted by atomic mass is 9.78. The summed E-state index contributed by atoms with van der Waals surface area (Å²) in [6.45, 7) is 5.36. The average molecular weight is 381 g/mol. The molecule has 7 nitrogen and oxygen atoms in total. The number of rotatable bonds is 9. The van der Waals surface area contributed by atoms with E-state index in [9.17, 15) is 14.4 Å². The first-order chi connectivity index (χ1) is 12.8. The van der Waals surface area contributed by atoms with Crippen molar-refractivity contribution in [1.82, 2.24) is 0 Å². The normalized spacial score (nSPS) is 31.0. The van der Waals surface area contributed by atoms with Gasteiger partial charge in [0, 0.05) is 11.8 Å². The van der Waals surface area contributed by atoms with Gasteiger partial charge in [0.2, 0.25) is 0 Å². The van der Waals surface area contributed by atoms with Crippen LogP contribution in [0.15, 0.2) is 0 Å². The molecule has 2 aliphatic carbocycles. The van der Waals surface area contributed by atoms with Crippen molar-refractivity contribution >= 4 is 24.1 Å². The van der Waals surface area contributed by atoms with Crippen molar-refractivity contribution in [1.29, 1.82) is 5.41 Å². The fourth-order valence-corrected chi connectivity index (χ4v) is 4.66. The molecule has 1 N–H and O–H groups in total. The fraction of sp³-hybridized carbons (Fsp3) is 0.800. The molecule has 7 heteroatoms. The standard InChI is InChI=1S/C20H31NO6/c1-5-7-20(3,6-2)19(24)26-11-16(22)27-15-9-12-8-13(15)17(14(12)10-21)18(23)25-4/h10,12-15,17,21H,5-9,11H2,1-4H3. The van der Waals surface area contributed by atoms with Gasteiger partial charge >= 0.3 is 17.9 Å². The van der Waals surface area contributed by atoms with Crippen molar-refractivity contribution in [2.45, 2.75) is 59.0 Å². The Hall–Kier alpha value is -1.92. The zero-order valence-corrected chi connectivity index (χ0v) is 16.7. The van der Waals surface area contributed by atoms with E-state index in [-0.39, 0.29) is 29.7 Å². The van der Waals surface area contributed by atoms with E-state index in [1.165, 1.54) is 13.3 Å². The summed E-state index contributed by atoms with van der Waals surface area (Å²) in [7, 11) is 1.33. The van der Waals surface area contributed by atoms with Gasteiger partial charge in [-0.15, -0.1) is 0 Å². The largest absolute Gasteiger partial charge is 0.469 e. The van der Waals surface area contributed by atoms with Crippen molar-refractivity contribution in [3.63, 3.8) is 0 Å². The zero-order valence-electron chi connectivity index (χ0n) is 16.7. The van der Waals surface area contributed by atoms with Gasteiger partial charge in [-0.25, -0.2) is 4.79 Å². The number of carbonyl (C=O) groups excluding carboxylic acids is 3. The summed E-state index contributed by atoms with van der Waals surface area (Å²) < 4.78 is 15.6. The highest BCUT2D eigenvalue weighted by molar-refractivity contribution is 5.81. The zero-order chi connectivity index (χ0) is 20.2. The number of carbonyl (C=O) groups is 3. The number of fused-ring (bicyclic) bond motifs is 2. The van der Waals surface area contributed by atoms with Crippen molar-refractivity contribution in [2.75, 3.05) is 13.7 Å². The minimum atomic E-state index is -0.592. The Kier molecular flexibility index (Phi) is 7.00. The molecule has 0 aromatic heterocycles. The Labute approximate surface area is 160 Å². The Bertz CT molecular complexity index is 591. The molecule has 2 bridgehead atoms. The summed E-state index contributed by atoms with van der Waals surface area (Å²) >= 11 is 0. The molecule has 0 amide bonds. The van der Waals surface area contributed by atoms with E-state index in [1.807, 2.05) is 20.8 Å². The van der Waals surface area contributed by atoms with Crippen LogP contribution in [-0.2, 0) is 28.6 Å². The first-order valence-electron chi connectivity index (χ1n) is 9.76. The van der Waals surface area contributed by atoms with Crippen LogP contribution in [0.5, 0.6) is 0 Å². The molecule has 0 radical (unpaired) electrons. The van der Waals surface area contributed by atoms with Gasteiger partial charge in [0.1, 0.15) is 6.10 Å². The number of nitrogens with one attached hydrogen (secondary N) is 1. The van der Waals surface area contributed by atoms with E-state index >= 15 is 0 Å². The number of esters is 3. The van der Waals surface area contributed by atoms with Gasteiger partial charge in [0.05, 0.1) is 18.4 Å². The van der Waals surface area contributed by atoms with Crippen LogP contribution in [0.2, 0.25) is 0 Å². The Morgan fingerprint density at radius 2 is 1.93 bits per heavy atom. The van der Waals surface area contributed by atoms with E-state index in [0.29, 0.717) is 19.3 Å². The lowest BCUT2D eigenvalue weighted by Gasteiger charge is -2.31. The monoisotopic (exact) mass is 381 g/mol. The Morgan fingerprint density at radius 3 is 2.48 bits per heavy atom. The summed E-state index contributed by atoms with van der Waals surface area (Å²) in [5, 5.41) is 7.59. The molecular formula is C20H31NO6. The lowest BCUT2D eigenvalue weighted by Crippen LogP contribution is -2.40. The lowest BCUT2D eigenvalue weighted by molar-refractivity contribution is -0.171. The highest BCUT2D eigenvalue weighted by Crippen LogP contribution is 2.53. The van der Waals surface area contributed by atoms with Crippen LogP contribution in [0.4, 0.5) is 0 Å². The Morgan fingerprint density at radius 1 is 1.22 bits per heavy atom. The molecular weight excluding hydrogens is 350 g/mol. The predicted molar refractivity (Wildman–Crippen MR) is 98.1 cm³/mol. The molecule has 2 aliphatic rings. The third-order valence-corrected chi connectivity index (χ3v) is 6.35. The quantitative estimate of drug-likeness (QED) is 0.374. The number of hydrogen-bond donors (Lipinski definition) is 1. The van der Waals surface area contributed by atoms with Gasteiger partial charge in [0.15, 0.2) is 6.61 Å². The van der Waals surface area contributed by atoms with Gasteiger partial charge in [-0.2, -0.15) is 0 Å². The second-order valence-corrected chi connectivity index (χ2v) is 7.96. The first kappa shape index (κ1) is 21.4. The van der Waals surface area contributed by atoms with Gasteiger partial charge in [0.25, 0.3) is 0 Å². The molecule has 0 saturated heterocycles. The van der Waals surface area contributed by atoms with E-state index in [4.69, 9.17) is 19.6 Å². The molecule has 0 heterocycles. The number of methoxy groups -OCH3 is 1. The molecule has 27 heavy (non-hydrogen) atoms. The third-order valence-electron chi connectivity index (χ3n) is 6.35. The third kappa shape index (κ3) is 4.33. The van der Waals surface area contributed by atoms with E-state index in [0.717, 1.165) is 12.8 Å². The molecule has 6 atom stereocenters. The first-order valence-corrected chi connectivity index (χ1v) is 9.76. The SMILES string of the molecule is CCCC(C)(CC)C(=O)OCC(=O)OC1CC2CC1C(C(=O)OC)C2C=N. The van der Waals surface area contributed by atoms with E-state index < -0.39 is 30.0 Å². The highest BCUT2D eigenvalue weighted by Gasteiger charge is 2.56. The van der Waals surface area contributed by atoms with Crippen LogP contribution in [0.1, 0.15) is 52.9 Å². The van der Waals surface area contributed by atoms with E-state index in [1.54, 1.807) is 0 Å². The molecule has 0 spiro atoms. The summed E-state index contributed by atoms with van der Waals surface area (Å²) in [5.74, 6) is -1.94. The van der Waals surface area contributed by atoms with Crippen LogP contribution < -0.4 is 0 Å². The number of hydrogen-bond acceptors (Lipinski definition) is 7. The molecule has 6 unspecified atom stereocenters. The van der Waals surface area contributed by atoms with Gasteiger partial charge in [-0.1, -0.05) is 20.3 Å². The minimum absolute atomic E-state index is 0.143. The highest BCUT2D eigenvalue weighted by atomic mass is 16.6. The van der Waals surface area contributed by atoms with Crippen LogP contribution in [0.3, 0.4) is 0 Å². The maximum absolute atomic E-state index is 12.3. The molecule has 2 fully saturated rings. The minimum Gasteiger partial charge on any atom is -0.469 e. The topological polar surface area (TPSA) is 103 Å². The summed E-state index contributed by atoms with van der Waals surface area (Å²) in [6, 6.07) is 0. The van der Waals surface area contributed by atoms with Crippen LogP contribution in [0.25, 0.3) is 0 Å². The summed E-state index contributed by atoms with van der Waals surface area (Å²) in [5.41, 5.74) is -0.589. The smallest absolute Gasteiger partial charge is 0.344 e. The molecule has 2 rings (SSSR count). The number of ether oxygens (including phenoxy) is 3. The van der Waals surface area contributed by atoms with Crippen molar-refractivity contribution < 1.29 is 28.6 Å². The Balaban J connectivity index is 1.91. The second kappa shape index (κ2) is 8.85. The van der Waals surface area contributed by atoms with Crippen molar-refractivity contribution in [3.8, 4) is 0 Å². The molecule has 0 aromatic carbocycles. The summed E-state index contributed by atoms with van der Waals surface area (Å²) in [6.07, 6.45) is 4.49. The molecule has 0 aliphatic heterocycles. The van der Waals surface area contributed by atoms with Crippen LogP contribution >= 0.6 is 0 Å². The molecule has 152 valence electrons. The maximum atomic E-state index is 12.3. The van der Waals surface area contributed by atoms with Gasteiger partial charge in [-0.3, -0.25) is 9.59 Å². The average Bonchev–Trinajstić information content (AvgIpc) is 3.22. The van der Waals surface area contributed by atoms with E-state index in [2.05, 4.69) is 0 Å². The maximum Gasteiger partial charge on any atom is 0.344 e. The van der Waals surface area contributed by atoms with Crippen LogP contribution in [0, 0.1) is 34.5 Å².